The molecule has 0 spiro atoms. The quantitative estimate of drug-likeness (QED) is 0.645. The lowest BCUT2D eigenvalue weighted by Gasteiger charge is -2.16. The molecule has 2 aromatic carbocycles. The van der Waals surface area contributed by atoms with Crippen LogP contribution in [0.5, 0.6) is 0 Å². The maximum atomic E-state index is 3.98. The van der Waals surface area contributed by atoms with E-state index in [1.165, 1.54) is 27.8 Å². The van der Waals surface area contributed by atoms with Gasteiger partial charge in [0.25, 0.3) is 0 Å². The van der Waals surface area contributed by atoms with Gasteiger partial charge >= 0.3 is 0 Å². The SMILES string of the molecule is C=Cc1c(-c2ccccc2)ccc(C(C)C)c1C=C. The molecule has 19 heavy (non-hydrogen) atoms. The van der Waals surface area contributed by atoms with Crippen molar-refractivity contribution >= 4 is 12.2 Å². The lowest BCUT2D eigenvalue weighted by Crippen LogP contribution is -1.97. The average molecular weight is 248 g/mol. The van der Waals surface area contributed by atoms with E-state index in [4.69, 9.17) is 0 Å². The van der Waals surface area contributed by atoms with E-state index in [9.17, 15) is 0 Å². The minimum Gasteiger partial charge on any atom is -0.0984 e. The highest BCUT2D eigenvalue weighted by molar-refractivity contribution is 5.81. The van der Waals surface area contributed by atoms with Gasteiger partial charge in [-0.25, -0.2) is 0 Å². The van der Waals surface area contributed by atoms with E-state index < -0.39 is 0 Å². The summed E-state index contributed by atoms with van der Waals surface area (Å²) in [4.78, 5) is 0. The smallest absolute Gasteiger partial charge is 0.0105 e. The molecule has 0 aliphatic heterocycles. The van der Waals surface area contributed by atoms with Crippen molar-refractivity contribution in [1.29, 1.82) is 0 Å². The summed E-state index contributed by atoms with van der Waals surface area (Å²) >= 11 is 0. The van der Waals surface area contributed by atoms with E-state index in [0.717, 1.165) is 0 Å². The third-order valence-corrected chi connectivity index (χ3v) is 3.44. The first-order valence-electron chi connectivity index (χ1n) is 6.66. The fourth-order valence-electron chi connectivity index (χ4n) is 2.47. The van der Waals surface area contributed by atoms with E-state index in [-0.39, 0.29) is 0 Å². The van der Waals surface area contributed by atoms with Gasteiger partial charge in [0, 0.05) is 0 Å². The summed E-state index contributed by atoms with van der Waals surface area (Å²) in [5.41, 5.74) is 6.13. The molecule has 0 heteroatoms. The Kier molecular flexibility index (Phi) is 4.01. The van der Waals surface area contributed by atoms with Crippen LogP contribution >= 0.6 is 0 Å². The van der Waals surface area contributed by atoms with Gasteiger partial charge < -0.3 is 0 Å². The molecule has 0 N–H and O–H groups in total. The molecule has 0 amide bonds. The molecule has 0 radical (unpaired) electrons. The fourth-order valence-corrected chi connectivity index (χ4v) is 2.47. The minimum atomic E-state index is 0.483. The normalized spacial score (nSPS) is 10.5. The Morgan fingerprint density at radius 2 is 1.47 bits per heavy atom. The monoisotopic (exact) mass is 248 g/mol. The van der Waals surface area contributed by atoms with Crippen molar-refractivity contribution in [2.45, 2.75) is 19.8 Å². The highest BCUT2D eigenvalue weighted by Crippen LogP contribution is 2.33. The lowest BCUT2D eigenvalue weighted by atomic mass is 9.88. The van der Waals surface area contributed by atoms with E-state index in [1.54, 1.807) is 0 Å². The maximum absolute atomic E-state index is 3.98. The molecule has 2 aromatic rings. The summed E-state index contributed by atoms with van der Waals surface area (Å²) in [7, 11) is 0. The first kappa shape index (κ1) is 13.4. The van der Waals surface area contributed by atoms with Gasteiger partial charge in [0.05, 0.1) is 0 Å². The Morgan fingerprint density at radius 3 is 2.00 bits per heavy atom. The number of hydrogen-bond donors (Lipinski definition) is 0. The predicted octanol–water partition coefficient (Wildman–Crippen LogP) is 5.76. The summed E-state index contributed by atoms with van der Waals surface area (Å²) in [6.45, 7) is 12.4. The Hall–Kier alpha value is -2.08. The predicted molar refractivity (Wildman–Crippen MR) is 86.1 cm³/mol. The first-order valence-corrected chi connectivity index (χ1v) is 6.66. The van der Waals surface area contributed by atoms with Crippen LogP contribution in [0.4, 0.5) is 0 Å². The van der Waals surface area contributed by atoms with Crippen LogP contribution in [0.1, 0.15) is 36.5 Å². The summed E-state index contributed by atoms with van der Waals surface area (Å²) in [5.74, 6) is 0.483. The number of hydrogen-bond acceptors (Lipinski definition) is 0. The van der Waals surface area contributed by atoms with Crippen LogP contribution in [0.25, 0.3) is 23.3 Å². The molecule has 0 bridgehead atoms. The Bertz CT molecular complexity index is 589. The van der Waals surface area contributed by atoms with Crippen molar-refractivity contribution in [1.82, 2.24) is 0 Å². The second-order valence-corrected chi connectivity index (χ2v) is 4.96. The van der Waals surface area contributed by atoms with Crippen molar-refractivity contribution in [2.75, 3.05) is 0 Å². The zero-order valence-electron chi connectivity index (χ0n) is 11.7. The fraction of sp³-hybridized carbons (Fsp3) is 0.158. The zero-order valence-corrected chi connectivity index (χ0v) is 11.7. The first-order chi connectivity index (χ1) is 9.19. The molecule has 0 atom stereocenters. The second kappa shape index (κ2) is 5.71. The summed E-state index contributed by atoms with van der Waals surface area (Å²) < 4.78 is 0. The molecule has 0 fully saturated rings. The molecule has 0 saturated carbocycles. The van der Waals surface area contributed by atoms with Gasteiger partial charge in [-0.05, 0) is 33.7 Å². The molecule has 0 aliphatic rings. The van der Waals surface area contributed by atoms with Crippen molar-refractivity contribution < 1.29 is 0 Å². The minimum absolute atomic E-state index is 0.483. The van der Waals surface area contributed by atoms with Crippen LogP contribution < -0.4 is 0 Å². The number of rotatable bonds is 4. The van der Waals surface area contributed by atoms with Gasteiger partial charge in [0.2, 0.25) is 0 Å². The van der Waals surface area contributed by atoms with Crippen molar-refractivity contribution in [3.05, 3.63) is 72.3 Å². The third kappa shape index (κ3) is 2.53. The van der Waals surface area contributed by atoms with Crippen LogP contribution in [-0.2, 0) is 0 Å². The molecule has 0 unspecified atom stereocenters. The largest absolute Gasteiger partial charge is 0.0984 e. The van der Waals surface area contributed by atoms with Crippen molar-refractivity contribution in [3.63, 3.8) is 0 Å². The molecular weight excluding hydrogens is 228 g/mol. The van der Waals surface area contributed by atoms with Crippen LogP contribution in [0.15, 0.2) is 55.6 Å². The molecule has 0 heterocycles. The average Bonchev–Trinajstić information content (AvgIpc) is 2.46. The van der Waals surface area contributed by atoms with Crippen LogP contribution in [0.3, 0.4) is 0 Å². The van der Waals surface area contributed by atoms with Crippen LogP contribution in [-0.4, -0.2) is 0 Å². The molecule has 2 rings (SSSR count). The van der Waals surface area contributed by atoms with Crippen LogP contribution in [0, 0.1) is 0 Å². The topological polar surface area (TPSA) is 0 Å². The molecule has 96 valence electrons. The summed E-state index contributed by atoms with van der Waals surface area (Å²) in [6.07, 6.45) is 3.88. The van der Waals surface area contributed by atoms with E-state index in [0.29, 0.717) is 5.92 Å². The third-order valence-electron chi connectivity index (χ3n) is 3.44. The molecular formula is C19H20. The molecule has 0 aliphatic carbocycles. The highest BCUT2D eigenvalue weighted by Gasteiger charge is 2.12. The van der Waals surface area contributed by atoms with Gasteiger partial charge in [-0.15, -0.1) is 0 Å². The lowest BCUT2D eigenvalue weighted by molar-refractivity contribution is 0.864. The van der Waals surface area contributed by atoms with Gasteiger partial charge in [0.1, 0.15) is 0 Å². The standard InChI is InChI=1S/C19H20/c1-5-16-17(6-2)19(13-12-18(16)14(3)4)15-10-8-7-9-11-15/h5-14H,1-2H2,3-4H3. The molecule has 0 nitrogen and oxygen atoms in total. The van der Waals surface area contributed by atoms with Gasteiger partial charge in [-0.1, -0.05) is 81.6 Å². The van der Waals surface area contributed by atoms with E-state index in [1.807, 2.05) is 18.2 Å². The van der Waals surface area contributed by atoms with E-state index in [2.05, 4.69) is 63.4 Å². The highest BCUT2D eigenvalue weighted by atomic mass is 14.2. The number of benzene rings is 2. The van der Waals surface area contributed by atoms with Gasteiger partial charge in [-0.2, -0.15) is 0 Å². The Balaban J connectivity index is 2.71. The Labute approximate surface area is 116 Å². The second-order valence-electron chi connectivity index (χ2n) is 4.96. The molecule has 0 saturated heterocycles. The van der Waals surface area contributed by atoms with Crippen molar-refractivity contribution in [3.8, 4) is 11.1 Å². The zero-order chi connectivity index (χ0) is 13.8. The van der Waals surface area contributed by atoms with Crippen molar-refractivity contribution in [2.24, 2.45) is 0 Å². The maximum Gasteiger partial charge on any atom is -0.0105 e. The van der Waals surface area contributed by atoms with E-state index >= 15 is 0 Å². The Morgan fingerprint density at radius 1 is 0.842 bits per heavy atom. The van der Waals surface area contributed by atoms with Gasteiger partial charge in [-0.3, -0.25) is 0 Å². The van der Waals surface area contributed by atoms with Crippen LogP contribution in [0.2, 0.25) is 0 Å². The van der Waals surface area contributed by atoms with Gasteiger partial charge in [0.15, 0.2) is 0 Å². The molecule has 0 aromatic heterocycles. The summed E-state index contributed by atoms with van der Waals surface area (Å²) in [5, 5.41) is 0. The summed E-state index contributed by atoms with van der Waals surface area (Å²) in [6, 6.07) is 14.8.